The molecule has 0 aliphatic rings. The van der Waals surface area contributed by atoms with E-state index in [4.69, 9.17) is 5.73 Å². The van der Waals surface area contributed by atoms with E-state index in [-0.39, 0.29) is 5.82 Å². The zero-order chi connectivity index (χ0) is 12.8. The Labute approximate surface area is 101 Å². The molecule has 0 unspecified atom stereocenters. The van der Waals surface area contributed by atoms with Crippen LogP contribution in [-0.4, -0.2) is 5.71 Å². The first kappa shape index (κ1) is 13.2. The number of allylic oxidation sites excluding steroid dienone is 2. The van der Waals surface area contributed by atoms with Crippen LogP contribution in [0.5, 0.6) is 0 Å². The molecule has 1 rings (SSSR count). The fourth-order valence-electron chi connectivity index (χ4n) is 1.28. The largest absolute Gasteiger partial charge is 0.402 e. The maximum absolute atomic E-state index is 13.3. The molecule has 0 atom stereocenters. The second kappa shape index (κ2) is 6.03. The van der Waals surface area contributed by atoms with Gasteiger partial charge in [0.05, 0.1) is 11.4 Å². The number of nitrogens with two attached hydrogens (primary N) is 1. The van der Waals surface area contributed by atoms with Crippen molar-refractivity contribution in [2.45, 2.75) is 27.2 Å². The Morgan fingerprint density at radius 2 is 2.00 bits per heavy atom. The number of para-hydroxylation sites is 1. The van der Waals surface area contributed by atoms with Crippen LogP contribution >= 0.6 is 0 Å². The molecule has 1 aromatic rings. The van der Waals surface area contributed by atoms with Gasteiger partial charge in [0.1, 0.15) is 5.82 Å². The van der Waals surface area contributed by atoms with E-state index in [9.17, 15) is 4.39 Å². The van der Waals surface area contributed by atoms with Gasteiger partial charge in [-0.2, -0.15) is 5.10 Å². The fourth-order valence-corrected chi connectivity index (χ4v) is 1.28. The number of hydrazone groups is 1. The predicted octanol–water partition coefficient (Wildman–Crippen LogP) is 3.26. The summed E-state index contributed by atoms with van der Waals surface area (Å²) in [6.07, 6.45) is 0.776. The normalized spacial score (nSPS) is 13.3. The van der Waals surface area contributed by atoms with Crippen LogP contribution in [0.3, 0.4) is 0 Å². The molecule has 0 fully saturated rings. The van der Waals surface area contributed by atoms with E-state index >= 15 is 0 Å². The second-order valence-electron chi connectivity index (χ2n) is 3.79. The molecule has 17 heavy (non-hydrogen) atoms. The Hall–Kier alpha value is -1.84. The summed E-state index contributed by atoms with van der Waals surface area (Å²) in [6.45, 7) is 5.73. The molecule has 0 heterocycles. The van der Waals surface area contributed by atoms with Crippen LogP contribution in [0.1, 0.15) is 27.2 Å². The molecule has 0 aliphatic heterocycles. The second-order valence-corrected chi connectivity index (χ2v) is 3.79. The number of hydrogen-bond acceptors (Lipinski definition) is 3. The summed E-state index contributed by atoms with van der Waals surface area (Å²) in [6, 6.07) is 6.40. The van der Waals surface area contributed by atoms with Gasteiger partial charge in [0.2, 0.25) is 0 Å². The highest BCUT2D eigenvalue weighted by Crippen LogP contribution is 2.13. The highest BCUT2D eigenvalue weighted by Gasteiger charge is 2.01. The molecule has 0 saturated heterocycles. The van der Waals surface area contributed by atoms with Crippen molar-refractivity contribution in [3.8, 4) is 0 Å². The highest BCUT2D eigenvalue weighted by atomic mass is 19.1. The van der Waals surface area contributed by atoms with Crippen molar-refractivity contribution in [2.24, 2.45) is 10.8 Å². The van der Waals surface area contributed by atoms with Gasteiger partial charge in [-0.25, -0.2) is 4.39 Å². The maximum atomic E-state index is 13.3. The number of anilines is 1. The van der Waals surface area contributed by atoms with E-state index < -0.39 is 0 Å². The topological polar surface area (TPSA) is 50.4 Å². The lowest BCUT2D eigenvalue weighted by Gasteiger charge is -2.07. The third-order valence-electron chi connectivity index (χ3n) is 2.62. The smallest absolute Gasteiger partial charge is 0.148 e. The number of hydrogen-bond donors (Lipinski definition) is 2. The van der Waals surface area contributed by atoms with Crippen LogP contribution in [0.2, 0.25) is 0 Å². The molecule has 1 aromatic carbocycles. The highest BCUT2D eigenvalue weighted by molar-refractivity contribution is 5.98. The Bertz CT molecular complexity index is 450. The van der Waals surface area contributed by atoms with E-state index in [1.165, 1.54) is 6.07 Å². The van der Waals surface area contributed by atoms with Crippen LogP contribution < -0.4 is 11.2 Å². The average molecular weight is 235 g/mol. The van der Waals surface area contributed by atoms with Crippen molar-refractivity contribution in [1.29, 1.82) is 0 Å². The van der Waals surface area contributed by atoms with Crippen molar-refractivity contribution in [1.82, 2.24) is 0 Å². The third-order valence-corrected chi connectivity index (χ3v) is 2.62. The van der Waals surface area contributed by atoms with Gasteiger partial charge in [-0.05, 0) is 38.0 Å². The number of halogens is 1. The molecule has 3 nitrogen and oxygen atoms in total. The van der Waals surface area contributed by atoms with Crippen LogP contribution in [-0.2, 0) is 0 Å². The lowest BCUT2D eigenvalue weighted by atomic mass is 10.1. The summed E-state index contributed by atoms with van der Waals surface area (Å²) >= 11 is 0. The third kappa shape index (κ3) is 3.59. The summed E-state index contributed by atoms with van der Waals surface area (Å²) in [5.41, 5.74) is 11.3. The van der Waals surface area contributed by atoms with Crippen molar-refractivity contribution < 1.29 is 4.39 Å². The first-order valence-electron chi connectivity index (χ1n) is 5.56. The lowest BCUT2D eigenvalue weighted by Crippen LogP contribution is -2.07. The van der Waals surface area contributed by atoms with Crippen LogP contribution in [0, 0.1) is 5.82 Å². The lowest BCUT2D eigenvalue weighted by molar-refractivity contribution is 0.630. The molecule has 4 heteroatoms. The quantitative estimate of drug-likeness (QED) is 0.621. The van der Waals surface area contributed by atoms with Crippen molar-refractivity contribution in [3.05, 3.63) is 41.4 Å². The Balaban J connectivity index is 2.82. The zero-order valence-electron chi connectivity index (χ0n) is 10.4. The van der Waals surface area contributed by atoms with Gasteiger partial charge >= 0.3 is 0 Å². The Kier molecular flexibility index (Phi) is 4.69. The van der Waals surface area contributed by atoms with Crippen LogP contribution in [0.4, 0.5) is 10.1 Å². The first-order valence-corrected chi connectivity index (χ1v) is 5.56. The minimum atomic E-state index is -0.325. The average Bonchev–Trinajstić information content (AvgIpc) is 2.35. The van der Waals surface area contributed by atoms with Gasteiger partial charge in [-0.3, -0.25) is 5.43 Å². The molecule has 0 aliphatic carbocycles. The van der Waals surface area contributed by atoms with E-state index in [0.29, 0.717) is 5.69 Å². The van der Waals surface area contributed by atoms with Gasteiger partial charge in [-0.1, -0.05) is 19.1 Å². The van der Waals surface area contributed by atoms with E-state index in [1.54, 1.807) is 18.2 Å². The molecule has 3 N–H and O–H groups in total. The standard InChI is InChI=1S/C13H18FN3/c1-4-12(15)9(2)10(3)16-17-13-8-6-5-7-11(13)14/h5-8,17H,4,15H2,1-3H3. The van der Waals surface area contributed by atoms with E-state index in [2.05, 4.69) is 10.5 Å². The monoisotopic (exact) mass is 235 g/mol. The summed E-state index contributed by atoms with van der Waals surface area (Å²) in [7, 11) is 0. The van der Waals surface area contributed by atoms with Crippen molar-refractivity contribution >= 4 is 11.4 Å². The predicted molar refractivity (Wildman–Crippen MR) is 70.3 cm³/mol. The molecule has 0 aromatic heterocycles. The minimum Gasteiger partial charge on any atom is -0.402 e. The van der Waals surface area contributed by atoms with Gasteiger partial charge < -0.3 is 5.73 Å². The van der Waals surface area contributed by atoms with Gasteiger partial charge in [0.15, 0.2) is 0 Å². The SMILES string of the molecule is CCC(N)=C(C)C(C)=NNc1ccccc1F. The Morgan fingerprint density at radius 3 is 2.59 bits per heavy atom. The number of nitrogens with one attached hydrogen (secondary N) is 1. The minimum absolute atomic E-state index is 0.325. The molecule has 0 amide bonds. The molecular weight excluding hydrogens is 217 g/mol. The summed E-state index contributed by atoms with van der Waals surface area (Å²) in [5, 5.41) is 4.11. The van der Waals surface area contributed by atoms with Gasteiger partial charge in [0.25, 0.3) is 0 Å². The van der Waals surface area contributed by atoms with E-state index in [1.807, 2.05) is 20.8 Å². The number of benzene rings is 1. The molecule has 92 valence electrons. The summed E-state index contributed by atoms with van der Waals surface area (Å²) in [5.74, 6) is -0.325. The molecule has 0 spiro atoms. The van der Waals surface area contributed by atoms with Gasteiger partial charge in [-0.15, -0.1) is 0 Å². The Morgan fingerprint density at radius 1 is 1.35 bits per heavy atom. The van der Waals surface area contributed by atoms with Gasteiger partial charge in [0, 0.05) is 5.70 Å². The zero-order valence-corrected chi connectivity index (χ0v) is 10.4. The van der Waals surface area contributed by atoms with Crippen molar-refractivity contribution in [2.75, 3.05) is 5.43 Å². The first-order chi connectivity index (χ1) is 8.06. The summed E-state index contributed by atoms with van der Waals surface area (Å²) < 4.78 is 13.3. The molecule has 0 bridgehead atoms. The fraction of sp³-hybridized carbons (Fsp3) is 0.308. The molecular formula is C13H18FN3. The van der Waals surface area contributed by atoms with E-state index in [0.717, 1.165) is 23.4 Å². The number of nitrogens with zero attached hydrogens (tertiary/aromatic N) is 1. The molecule has 0 radical (unpaired) electrons. The van der Waals surface area contributed by atoms with Crippen LogP contribution in [0.15, 0.2) is 40.6 Å². The summed E-state index contributed by atoms with van der Waals surface area (Å²) in [4.78, 5) is 0. The maximum Gasteiger partial charge on any atom is 0.148 e. The number of rotatable bonds is 4. The van der Waals surface area contributed by atoms with Crippen LogP contribution in [0.25, 0.3) is 0 Å². The van der Waals surface area contributed by atoms with Crippen molar-refractivity contribution in [3.63, 3.8) is 0 Å². The molecule has 0 saturated carbocycles.